The van der Waals surface area contributed by atoms with Crippen molar-refractivity contribution in [3.63, 3.8) is 0 Å². The first-order valence-corrected chi connectivity index (χ1v) is 9.82. The quantitative estimate of drug-likeness (QED) is 0.703. The van der Waals surface area contributed by atoms with Crippen LogP contribution in [0.3, 0.4) is 0 Å². The topological polar surface area (TPSA) is 41.4 Å². The van der Waals surface area contributed by atoms with Crippen molar-refractivity contribution in [2.24, 2.45) is 0 Å². The molecule has 4 rings (SSSR count). The van der Waals surface area contributed by atoms with Gasteiger partial charge in [0.05, 0.1) is 17.8 Å². The van der Waals surface area contributed by atoms with Crippen LogP contribution in [0.5, 0.6) is 0 Å². The largest absolute Gasteiger partial charge is 0.368 e. The fourth-order valence-corrected chi connectivity index (χ4v) is 3.87. The molecule has 0 aliphatic carbocycles. The van der Waals surface area contributed by atoms with Crippen LogP contribution >= 0.6 is 0 Å². The van der Waals surface area contributed by atoms with Gasteiger partial charge in [-0.3, -0.25) is 4.79 Å². The zero-order valence-electron chi connectivity index (χ0n) is 16.5. The molecule has 0 radical (unpaired) electrons. The number of rotatable bonds is 4. The van der Waals surface area contributed by atoms with Gasteiger partial charge in [0.1, 0.15) is 0 Å². The first kappa shape index (κ1) is 18.3. The molecule has 1 amide bonds. The van der Waals surface area contributed by atoms with Crippen LogP contribution in [0.4, 0.5) is 5.69 Å². The number of aromatic nitrogens is 2. The highest BCUT2D eigenvalue weighted by Gasteiger charge is 2.23. The Balaban J connectivity index is 1.43. The lowest BCUT2D eigenvalue weighted by molar-refractivity contribution is -0.130. The van der Waals surface area contributed by atoms with Crippen LogP contribution in [-0.4, -0.2) is 46.8 Å². The summed E-state index contributed by atoms with van der Waals surface area (Å²) in [6.45, 7) is 7.30. The van der Waals surface area contributed by atoms with E-state index in [0.717, 1.165) is 48.8 Å². The molecule has 0 bridgehead atoms. The van der Waals surface area contributed by atoms with Crippen molar-refractivity contribution in [2.45, 2.75) is 20.3 Å². The summed E-state index contributed by atoms with van der Waals surface area (Å²) in [5.74, 6) is 0.187. The number of aryl methyl sites for hydroxylation is 1. The summed E-state index contributed by atoms with van der Waals surface area (Å²) in [4.78, 5) is 17.3. The molecule has 0 N–H and O–H groups in total. The molecule has 2 heterocycles. The summed E-state index contributed by atoms with van der Waals surface area (Å²) in [6.07, 6.45) is 0.413. The number of piperazine rings is 1. The Bertz CT molecular complexity index is 941. The van der Waals surface area contributed by atoms with Gasteiger partial charge in [-0.1, -0.05) is 36.4 Å². The van der Waals surface area contributed by atoms with Gasteiger partial charge in [-0.05, 0) is 38.1 Å². The van der Waals surface area contributed by atoms with Gasteiger partial charge in [-0.2, -0.15) is 5.10 Å². The average Bonchev–Trinajstić information content (AvgIpc) is 3.03. The minimum absolute atomic E-state index is 0.187. The molecule has 0 unspecified atom stereocenters. The third-order valence-corrected chi connectivity index (χ3v) is 5.52. The van der Waals surface area contributed by atoms with E-state index < -0.39 is 0 Å². The van der Waals surface area contributed by atoms with Crippen LogP contribution < -0.4 is 4.90 Å². The van der Waals surface area contributed by atoms with Crippen LogP contribution in [-0.2, 0) is 11.2 Å². The second-order valence-corrected chi connectivity index (χ2v) is 7.28. The third-order valence-electron chi connectivity index (χ3n) is 5.52. The molecule has 5 heteroatoms. The highest BCUT2D eigenvalue weighted by molar-refractivity contribution is 5.79. The molecule has 144 valence electrons. The molecule has 3 aromatic rings. The lowest BCUT2D eigenvalue weighted by atomic mass is 10.1. The third kappa shape index (κ3) is 3.65. The number of anilines is 1. The lowest BCUT2D eigenvalue weighted by Gasteiger charge is -2.36. The van der Waals surface area contributed by atoms with Crippen molar-refractivity contribution in [3.05, 3.63) is 77.6 Å². The van der Waals surface area contributed by atoms with Crippen molar-refractivity contribution in [2.75, 3.05) is 31.1 Å². The van der Waals surface area contributed by atoms with Crippen LogP contribution in [0.25, 0.3) is 5.69 Å². The van der Waals surface area contributed by atoms with Crippen LogP contribution in [0, 0.1) is 13.8 Å². The maximum atomic E-state index is 12.9. The number of hydrogen-bond donors (Lipinski definition) is 0. The van der Waals surface area contributed by atoms with Crippen LogP contribution in [0.1, 0.15) is 17.0 Å². The molecule has 1 aliphatic rings. The van der Waals surface area contributed by atoms with E-state index in [1.807, 2.05) is 59.8 Å². The molecule has 28 heavy (non-hydrogen) atoms. The van der Waals surface area contributed by atoms with E-state index in [1.54, 1.807) is 0 Å². The molecule has 1 fully saturated rings. The molecular weight excluding hydrogens is 348 g/mol. The number of carbonyl (C=O) groups is 1. The second kappa shape index (κ2) is 7.89. The van der Waals surface area contributed by atoms with E-state index in [0.29, 0.717) is 6.42 Å². The van der Waals surface area contributed by atoms with Crippen molar-refractivity contribution in [3.8, 4) is 5.69 Å². The van der Waals surface area contributed by atoms with Gasteiger partial charge in [0, 0.05) is 43.1 Å². The number of hydrogen-bond acceptors (Lipinski definition) is 3. The number of amides is 1. The molecule has 5 nitrogen and oxygen atoms in total. The van der Waals surface area contributed by atoms with Gasteiger partial charge in [0.2, 0.25) is 5.91 Å². The van der Waals surface area contributed by atoms with Crippen molar-refractivity contribution in [1.82, 2.24) is 14.7 Å². The predicted molar refractivity (Wildman–Crippen MR) is 112 cm³/mol. The Kier molecular flexibility index (Phi) is 5.15. The van der Waals surface area contributed by atoms with Crippen molar-refractivity contribution >= 4 is 11.6 Å². The summed E-state index contributed by atoms with van der Waals surface area (Å²) >= 11 is 0. The van der Waals surface area contributed by atoms with E-state index in [9.17, 15) is 4.79 Å². The Morgan fingerprint density at radius 3 is 2.04 bits per heavy atom. The number of benzene rings is 2. The van der Waals surface area contributed by atoms with Crippen molar-refractivity contribution in [1.29, 1.82) is 0 Å². The fourth-order valence-electron chi connectivity index (χ4n) is 3.87. The zero-order valence-corrected chi connectivity index (χ0v) is 16.5. The van der Waals surface area contributed by atoms with E-state index in [1.165, 1.54) is 5.69 Å². The minimum Gasteiger partial charge on any atom is -0.368 e. The summed E-state index contributed by atoms with van der Waals surface area (Å²) < 4.78 is 1.94. The van der Waals surface area contributed by atoms with Gasteiger partial charge >= 0.3 is 0 Å². The van der Waals surface area contributed by atoms with Crippen LogP contribution in [0.15, 0.2) is 60.7 Å². The van der Waals surface area contributed by atoms with E-state index in [-0.39, 0.29) is 5.91 Å². The second-order valence-electron chi connectivity index (χ2n) is 7.28. The number of nitrogens with zero attached hydrogens (tertiary/aromatic N) is 4. The zero-order chi connectivity index (χ0) is 19.5. The maximum Gasteiger partial charge on any atom is 0.227 e. The normalized spacial score (nSPS) is 14.4. The van der Waals surface area contributed by atoms with Crippen molar-refractivity contribution < 1.29 is 4.79 Å². The molecule has 0 saturated carbocycles. The molecule has 2 aromatic carbocycles. The standard InChI is InChI=1S/C23H26N4O/c1-18-22(19(2)27(24-18)21-11-7-4-8-12-21)17-23(28)26-15-13-25(14-16-26)20-9-5-3-6-10-20/h3-12H,13-17H2,1-2H3. The molecule has 0 atom stereocenters. The smallest absolute Gasteiger partial charge is 0.227 e. The molecular formula is C23H26N4O. The summed E-state index contributed by atoms with van der Waals surface area (Å²) in [7, 11) is 0. The summed E-state index contributed by atoms with van der Waals surface area (Å²) in [5.41, 5.74) is 5.26. The van der Waals surface area contributed by atoms with Gasteiger partial charge in [-0.25, -0.2) is 4.68 Å². The van der Waals surface area contributed by atoms with Gasteiger partial charge < -0.3 is 9.80 Å². The average molecular weight is 374 g/mol. The molecule has 1 saturated heterocycles. The molecule has 1 aliphatic heterocycles. The SMILES string of the molecule is Cc1nn(-c2ccccc2)c(C)c1CC(=O)N1CCN(c2ccccc2)CC1. The first-order valence-electron chi connectivity index (χ1n) is 9.82. The summed E-state index contributed by atoms with van der Waals surface area (Å²) in [5, 5.41) is 4.67. The maximum absolute atomic E-state index is 12.9. The number of para-hydroxylation sites is 2. The number of carbonyl (C=O) groups excluding carboxylic acids is 1. The monoisotopic (exact) mass is 374 g/mol. The first-order chi connectivity index (χ1) is 13.6. The van der Waals surface area contributed by atoms with E-state index >= 15 is 0 Å². The fraction of sp³-hybridized carbons (Fsp3) is 0.304. The van der Waals surface area contributed by atoms with Gasteiger partial charge in [0.15, 0.2) is 0 Å². The minimum atomic E-state index is 0.187. The molecule has 1 aromatic heterocycles. The Hall–Kier alpha value is -3.08. The van der Waals surface area contributed by atoms with Crippen LogP contribution in [0.2, 0.25) is 0 Å². The predicted octanol–water partition coefficient (Wildman–Crippen LogP) is 3.38. The Morgan fingerprint density at radius 1 is 0.857 bits per heavy atom. The molecule has 0 spiro atoms. The lowest BCUT2D eigenvalue weighted by Crippen LogP contribution is -2.49. The highest BCUT2D eigenvalue weighted by atomic mass is 16.2. The highest BCUT2D eigenvalue weighted by Crippen LogP contribution is 2.20. The van der Waals surface area contributed by atoms with Gasteiger partial charge in [0.25, 0.3) is 0 Å². The van der Waals surface area contributed by atoms with E-state index in [2.05, 4.69) is 34.3 Å². The Morgan fingerprint density at radius 2 is 1.43 bits per heavy atom. The van der Waals surface area contributed by atoms with E-state index in [4.69, 9.17) is 0 Å². The Labute approximate surface area is 166 Å². The van der Waals surface area contributed by atoms with Gasteiger partial charge in [-0.15, -0.1) is 0 Å². The summed E-state index contributed by atoms with van der Waals surface area (Å²) in [6, 6.07) is 20.5.